The molecule has 0 fully saturated rings. The van der Waals surface area contributed by atoms with E-state index in [1.165, 1.54) is 6.07 Å². The van der Waals surface area contributed by atoms with Gasteiger partial charge in [-0.2, -0.15) is 0 Å². The standard InChI is InChI=1S/C13H21FN2/c1-4-10(5-2)9(3)16-13-7-6-11(15)8-12(13)14/h6-10,16H,4-5,15H2,1-3H3. The van der Waals surface area contributed by atoms with Crippen LogP contribution < -0.4 is 11.1 Å². The molecule has 90 valence electrons. The van der Waals surface area contributed by atoms with Crippen molar-refractivity contribution >= 4 is 11.4 Å². The molecule has 0 aliphatic rings. The van der Waals surface area contributed by atoms with Crippen LogP contribution in [-0.4, -0.2) is 6.04 Å². The average molecular weight is 224 g/mol. The molecule has 0 radical (unpaired) electrons. The van der Waals surface area contributed by atoms with Crippen LogP contribution in [0.5, 0.6) is 0 Å². The van der Waals surface area contributed by atoms with Crippen molar-refractivity contribution in [3.05, 3.63) is 24.0 Å². The molecule has 1 aromatic carbocycles. The number of nitrogens with one attached hydrogen (secondary N) is 1. The van der Waals surface area contributed by atoms with Crippen LogP contribution in [-0.2, 0) is 0 Å². The second-order valence-corrected chi connectivity index (χ2v) is 4.25. The van der Waals surface area contributed by atoms with E-state index in [1.807, 2.05) is 0 Å². The Balaban J connectivity index is 2.72. The maximum atomic E-state index is 13.5. The van der Waals surface area contributed by atoms with E-state index in [0.29, 0.717) is 17.3 Å². The third-order valence-electron chi connectivity index (χ3n) is 3.13. The lowest BCUT2D eigenvalue weighted by Gasteiger charge is -2.23. The minimum Gasteiger partial charge on any atom is -0.399 e. The van der Waals surface area contributed by atoms with Crippen LogP contribution in [0.3, 0.4) is 0 Å². The van der Waals surface area contributed by atoms with Gasteiger partial charge in [0.2, 0.25) is 0 Å². The minimum absolute atomic E-state index is 0.271. The summed E-state index contributed by atoms with van der Waals surface area (Å²) in [5.74, 6) is 0.287. The Bertz CT molecular complexity index is 335. The normalized spacial score (nSPS) is 12.8. The summed E-state index contributed by atoms with van der Waals surface area (Å²) >= 11 is 0. The van der Waals surface area contributed by atoms with Crippen molar-refractivity contribution < 1.29 is 4.39 Å². The lowest BCUT2D eigenvalue weighted by Crippen LogP contribution is -2.25. The molecule has 0 aromatic heterocycles. The van der Waals surface area contributed by atoms with Gasteiger partial charge in [0.1, 0.15) is 5.82 Å². The smallest absolute Gasteiger partial charge is 0.148 e. The topological polar surface area (TPSA) is 38.0 Å². The van der Waals surface area contributed by atoms with Gasteiger partial charge in [-0.3, -0.25) is 0 Å². The molecule has 1 atom stereocenters. The molecule has 16 heavy (non-hydrogen) atoms. The fourth-order valence-corrected chi connectivity index (χ4v) is 2.01. The Morgan fingerprint density at radius 1 is 1.31 bits per heavy atom. The molecule has 3 heteroatoms. The molecule has 0 spiro atoms. The Labute approximate surface area is 97.0 Å². The number of rotatable bonds is 5. The van der Waals surface area contributed by atoms with Gasteiger partial charge in [-0.15, -0.1) is 0 Å². The Morgan fingerprint density at radius 2 is 1.94 bits per heavy atom. The van der Waals surface area contributed by atoms with Crippen molar-refractivity contribution in [1.29, 1.82) is 0 Å². The summed E-state index contributed by atoms with van der Waals surface area (Å²) in [4.78, 5) is 0. The van der Waals surface area contributed by atoms with E-state index in [1.54, 1.807) is 12.1 Å². The van der Waals surface area contributed by atoms with Crippen LogP contribution in [0.1, 0.15) is 33.6 Å². The lowest BCUT2D eigenvalue weighted by molar-refractivity contribution is 0.436. The van der Waals surface area contributed by atoms with Gasteiger partial charge in [0.05, 0.1) is 5.69 Å². The van der Waals surface area contributed by atoms with Crippen LogP contribution in [0.15, 0.2) is 18.2 Å². The predicted molar refractivity (Wildman–Crippen MR) is 68.0 cm³/mol. The van der Waals surface area contributed by atoms with Crippen molar-refractivity contribution in [2.24, 2.45) is 5.92 Å². The fourth-order valence-electron chi connectivity index (χ4n) is 2.01. The van der Waals surface area contributed by atoms with Gasteiger partial charge in [0.25, 0.3) is 0 Å². The zero-order valence-corrected chi connectivity index (χ0v) is 10.3. The maximum absolute atomic E-state index is 13.5. The highest BCUT2D eigenvalue weighted by Crippen LogP contribution is 2.21. The Kier molecular flexibility index (Phi) is 4.59. The molecule has 0 amide bonds. The van der Waals surface area contributed by atoms with Crippen molar-refractivity contribution in [3.63, 3.8) is 0 Å². The van der Waals surface area contributed by atoms with E-state index in [2.05, 4.69) is 26.1 Å². The molecular formula is C13H21FN2. The van der Waals surface area contributed by atoms with Gasteiger partial charge in [-0.25, -0.2) is 4.39 Å². The molecule has 0 aliphatic carbocycles. The van der Waals surface area contributed by atoms with Gasteiger partial charge in [0.15, 0.2) is 0 Å². The maximum Gasteiger partial charge on any atom is 0.148 e. The number of nitrogen functional groups attached to an aromatic ring is 1. The second-order valence-electron chi connectivity index (χ2n) is 4.25. The van der Waals surface area contributed by atoms with Gasteiger partial charge in [-0.05, 0) is 31.0 Å². The van der Waals surface area contributed by atoms with Crippen molar-refractivity contribution in [1.82, 2.24) is 0 Å². The molecule has 3 N–H and O–H groups in total. The summed E-state index contributed by atoms with van der Waals surface area (Å²) in [5, 5.41) is 3.21. The van der Waals surface area contributed by atoms with E-state index in [-0.39, 0.29) is 11.9 Å². The van der Waals surface area contributed by atoms with E-state index in [0.717, 1.165) is 12.8 Å². The summed E-state index contributed by atoms with van der Waals surface area (Å²) in [6, 6.07) is 5.03. The molecular weight excluding hydrogens is 203 g/mol. The molecule has 1 aromatic rings. The summed E-state index contributed by atoms with van der Waals surface area (Å²) in [6.07, 6.45) is 2.20. The zero-order valence-electron chi connectivity index (χ0n) is 10.3. The van der Waals surface area contributed by atoms with Crippen LogP contribution in [0.25, 0.3) is 0 Å². The largest absolute Gasteiger partial charge is 0.399 e. The number of nitrogens with two attached hydrogens (primary N) is 1. The third kappa shape index (κ3) is 3.12. The first-order valence-electron chi connectivity index (χ1n) is 5.90. The van der Waals surface area contributed by atoms with Gasteiger partial charge < -0.3 is 11.1 Å². The fraction of sp³-hybridized carbons (Fsp3) is 0.538. The summed E-state index contributed by atoms with van der Waals surface area (Å²) < 4.78 is 13.5. The Hall–Kier alpha value is -1.25. The van der Waals surface area contributed by atoms with Crippen LogP contribution in [0.2, 0.25) is 0 Å². The highest BCUT2D eigenvalue weighted by Gasteiger charge is 2.14. The number of benzene rings is 1. The lowest BCUT2D eigenvalue weighted by atomic mass is 9.95. The average Bonchev–Trinajstić information content (AvgIpc) is 2.24. The van der Waals surface area contributed by atoms with E-state index < -0.39 is 0 Å². The van der Waals surface area contributed by atoms with Crippen molar-refractivity contribution in [2.75, 3.05) is 11.1 Å². The summed E-state index contributed by atoms with van der Waals surface area (Å²) in [6.45, 7) is 6.41. The third-order valence-corrected chi connectivity index (χ3v) is 3.13. The zero-order chi connectivity index (χ0) is 12.1. The number of anilines is 2. The highest BCUT2D eigenvalue weighted by molar-refractivity contribution is 5.53. The molecule has 0 bridgehead atoms. The SMILES string of the molecule is CCC(CC)C(C)Nc1ccc(N)cc1F. The molecule has 1 rings (SSSR count). The minimum atomic E-state index is -0.280. The van der Waals surface area contributed by atoms with Crippen LogP contribution in [0.4, 0.5) is 15.8 Å². The first-order valence-corrected chi connectivity index (χ1v) is 5.90. The van der Waals surface area contributed by atoms with Gasteiger partial charge in [-0.1, -0.05) is 26.7 Å². The molecule has 2 nitrogen and oxygen atoms in total. The van der Waals surface area contributed by atoms with E-state index in [4.69, 9.17) is 5.73 Å². The summed E-state index contributed by atoms with van der Waals surface area (Å²) in [7, 11) is 0. The first kappa shape index (κ1) is 12.8. The van der Waals surface area contributed by atoms with Crippen LogP contribution in [0, 0.1) is 11.7 Å². The van der Waals surface area contributed by atoms with Crippen molar-refractivity contribution in [3.8, 4) is 0 Å². The molecule has 0 aliphatic heterocycles. The van der Waals surface area contributed by atoms with Gasteiger partial charge in [0, 0.05) is 11.7 Å². The van der Waals surface area contributed by atoms with E-state index >= 15 is 0 Å². The number of halogens is 1. The number of hydrogen-bond acceptors (Lipinski definition) is 2. The summed E-state index contributed by atoms with van der Waals surface area (Å²) in [5.41, 5.74) is 6.50. The van der Waals surface area contributed by atoms with Crippen LogP contribution >= 0.6 is 0 Å². The quantitative estimate of drug-likeness (QED) is 0.749. The monoisotopic (exact) mass is 224 g/mol. The molecule has 0 saturated carbocycles. The molecule has 1 unspecified atom stereocenters. The van der Waals surface area contributed by atoms with Crippen molar-refractivity contribution in [2.45, 2.75) is 39.7 Å². The first-order chi connectivity index (χ1) is 7.58. The molecule has 0 heterocycles. The number of hydrogen-bond donors (Lipinski definition) is 2. The Morgan fingerprint density at radius 3 is 2.44 bits per heavy atom. The second kappa shape index (κ2) is 5.73. The predicted octanol–water partition coefficient (Wildman–Crippen LogP) is 3.64. The molecule has 0 saturated heterocycles. The van der Waals surface area contributed by atoms with E-state index in [9.17, 15) is 4.39 Å². The van der Waals surface area contributed by atoms with Gasteiger partial charge >= 0.3 is 0 Å². The highest BCUT2D eigenvalue weighted by atomic mass is 19.1.